The number of Topliss-reactive ketones (excluding diaryl/α,β-unsaturated/α-hetero) is 4. The van der Waals surface area contributed by atoms with Crippen LogP contribution in [-0.2, 0) is 38.4 Å². The summed E-state index contributed by atoms with van der Waals surface area (Å²) in [6.07, 6.45) is 4.49. The Labute approximate surface area is 862 Å². The van der Waals surface area contributed by atoms with Crippen molar-refractivity contribution >= 4 is 87.8 Å². The summed E-state index contributed by atoms with van der Waals surface area (Å²) in [5.41, 5.74) is 11.5. The van der Waals surface area contributed by atoms with Crippen molar-refractivity contribution in [2.45, 2.75) is 292 Å². The number of hydrogen-bond donors (Lipinski definition) is 0. The van der Waals surface area contributed by atoms with Crippen molar-refractivity contribution in [3.05, 3.63) is 469 Å². The standard InChI is InChI=1S/C16H14.C14H12.C13H12.4C10H8.2C6H6.4C3H6O.C3H8.10C2H6.6CH4/c1-11-13-7-3-5-9-15(13)12(2)16-10-6-4-8-14(11)16;1-2-6-12-10-14-8-4-3-7-13(14)9-11(12)5-1;1-3-7-12(8-4-1)11-13-9-5-2-6-10-13;4*1-2-6-10-8-4-3-7-9(10)5-1;2*1-2-4-6-5-3-1;4*1-3(2)4;1-3-2;10*1-2;;;;;;/h3-10H,1-2H3;1-8H,9-10H2;1-10H,11H2;4*1-8H;2*1-6H;4*1-2H3;3H2,1-2H3;10*1-2H3;6*1H4. The van der Waals surface area contributed by atoms with Crippen LogP contribution < -0.4 is 0 Å². The Morgan fingerprint density at radius 3 is 0.386 bits per heavy atom. The third-order valence-electron chi connectivity index (χ3n) is 16.5. The van der Waals surface area contributed by atoms with Crippen molar-refractivity contribution in [1.82, 2.24) is 0 Å². The highest BCUT2D eigenvalue weighted by atomic mass is 16.1. The van der Waals surface area contributed by atoms with E-state index in [-0.39, 0.29) is 67.7 Å². The lowest BCUT2D eigenvalue weighted by atomic mass is 9.86. The van der Waals surface area contributed by atoms with Gasteiger partial charge in [0.2, 0.25) is 0 Å². The zero-order valence-electron chi connectivity index (χ0n) is 88.9. The van der Waals surface area contributed by atoms with Crippen LogP contribution in [-0.4, -0.2) is 23.1 Å². The number of ketones is 4. The van der Waals surface area contributed by atoms with Gasteiger partial charge in [-0.05, 0) is 198 Å². The Morgan fingerprint density at radius 2 is 0.264 bits per heavy atom. The predicted octanol–water partition coefficient (Wildman–Crippen LogP) is 43.7. The number of hydrogen-bond acceptors (Lipinski definition) is 4. The van der Waals surface area contributed by atoms with E-state index >= 15 is 0 Å². The van der Waals surface area contributed by atoms with Gasteiger partial charge in [0.25, 0.3) is 0 Å². The van der Waals surface area contributed by atoms with Crippen LogP contribution in [0.1, 0.15) is 303 Å². The largest absolute Gasteiger partial charge is 0.300 e. The molecular weight excluding hydrogens is 1700 g/mol. The van der Waals surface area contributed by atoms with Gasteiger partial charge in [0.05, 0.1) is 0 Å². The van der Waals surface area contributed by atoms with Crippen molar-refractivity contribution < 1.29 is 19.2 Å². The summed E-state index contributed by atoms with van der Waals surface area (Å²) in [6.45, 7) is 60.9. The van der Waals surface area contributed by atoms with Gasteiger partial charge in [0.1, 0.15) is 23.1 Å². The van der Waals surface area contributed by atoms with Gasteiger partial charge in [-0.1, -0.05) is 628 Å². The minimum Gasteiger partial charge on any atom is -0.300 e. The lowest BCUT2D eigenvalue weighted by molar-refractivity contribution is -0.115. The van der Waals surface area contributed by atoms with E-state index in [4.69, 9.17) is 0 Å². The number of benzene rings is 17. The summed E-state index contributed by atoms with van der Waals surface area (Å²) < 4.78 is 0. The molecule has 0 aliphatic heterocycles. The Kier molecular flexibility index (Phi) is 121. The second-order valence-corrected chi connectivity index (χ2v) is 27.4. The second kappa shape index (κ2) is 111. The predicted molar refractivity (Wildman–Crippen MR) is 649 cm³/mol. The molecule has 0 fully saturated rings. The fourth-order valence-corrected chi connectivity index (χ4v) is 11.5. The monoisotopic (exact) mass is 1900 g/mol. The number of carbonyl (C=O) groups is 4. The van der Waals surface area contributed by atoms with E-state index in [2.05, 4.69) is 380 Å². The van der Waals surface area contributed by atoms with Crippen molar-refractivity contribution in [1.29, 1.82) is 0 Å². The lowest BCUT2D eigenvalue weighted by Gasteiger charge is -2.18. The van der Waals surface area contributed by atoms with Crippen molar-refractivity contribution in [2.24, 2.45) is 0 Å². The quantitative estimate of drug-likeness (QED) is 0.162. The molecule has 1 aliphatic carbocycles. The fourth-order valence-electron chi connectivity index (χ4n) is 11.5. The molecule has 1 aliphatic rings. The van der Waals surface area contributed by atoms with Gasteiger partial charge in [-0.25, -0.2) is 0 Å². The SMILES string of the molecule is C.C.C.C.C.C.CC.CC.CC.CC.CC.CC.CC.CC.CC.CC.CC(C)=O.CC(C)=O.CC(C)=O.CC(C)=O.CCC.Cc1c2ccccc2c(C)c2ccccc12.c1ccc(Cc2ccccc2)cc1.c1ccc2c(c1)Cc1ccccc1C2.c1ccc2ccccc2c1.c1ccc2ccccc2c1.c1ccc2ccccc2c1.c1ccc2ccccc2c1.c1ccccc1.c1ccccc1. The molecule has 0 saturated heterocycles. The molecule has 0 heterocycles. The zero-order chi connectivity index (χ0) is 102. The molecular formula is C136H198O4. The molecule has 0 saturated carbocycles. The summed E-state index contributed by atoms with van der Waals surface area (Å²) in [7, 11) is 0. The fraction of sp³-hybridized carbons (Fsp3) is 0.309. The highest BCUT2D eigenvalue weighted by Gasteiger charge is 2.13. The lowest BCUT2D eigenvalue weighted by Crippen LogP contribution is -2.06. The molecule has 0 radical (unpaired) electrons. The molecule has 4 nitrogen and oxygen atoms in total. The zero-order valence-corrected chi connectivity index (χ0v) is 88.9. The minimum absolute atomic E-state index is 0. The number of fused-ring (bicyclic) bond motifs is 8. The molecule has 0 amide bonds. The number of rotatable bonds is 2. The number of carbonyl (C=O) groups excluding carboxylic acids is 4. The molecule has 0 spiro atoms. The molecule has 766 valence electrons. The van der Waals surface area contributed by atoms with Gasteiger partial charge in [-0.3, -0.25) is 0 Å². The first-order chi connectivity index (χ1) is 65.4. The maximum absolute atomic E-state index is 9.44. The van der Waals surface area contributed by atoms with Gasteiger partial charge >= 0.3 is 0 Å². The summed E-state index contributed by atoms with van der Waals surface area (Å²) >= 11 is 0. The molecule has 0 unspecified atom stereocenters. The highest BCUT2D eigenvalue weighted by Crippen LogP contribution is 2.32. The van der Waals surface area contributed by atoms with E-state index in [1.807, 2.05) is 211 Å². The van der Waals surface area contributed by atoms with Crippen LogP contribution in [0.3, 0.4) is 0 Å². The molecule has 18 rings (SSSR count). The summed E-state index contributed by atoms with van der Waals surface area (Å²) in [5.74, 6) is 0.667. The average Bonchev–Trinajstić information content (AvgIpc) is 0.765. The topological polar surface area (TPSA) is 68.3 Å². The van der Waals surface area contributed by atoms with Crippen LogP contribution in [0.2, 0.25) is 0 Å². The van der Waals surface area contributed by atoms with E-state index in [1.165, 1.54) is 171 Å². The van der Waals surface area contributed by atoms with Gasteiger partial charge in [-0.2, -0.15) is 0 Å². The summed E-state index contributed by atoms with van der Waals surface area (Å²) in [5, 5.41) is 16.0. The molecule has 0 N–H and O–H groups in total. The first-order valence-corrected chi connectivity index (χ1v) is 49.1. The minimum atomic E-state index is 0. The molecule has 0 aromatic heterocycles. The van der Waals surface area contributed by atoms with Crippen LogP contribution in [0.4, 0.5) is 0 Å². The Morgan fingerprint density at radius 1 is 0.171 bits per heavy atom. The van der Waals surface area contributed by atoms with Gasteiger partial charge < -0.3 is 19.2 Å². The number of aryl methyl sites for hydroxylation is 2. The van der Waals surface area contributed by atoms with Crippen LogP contribution in [0.15, 0.2) is 425 Å². The molecule has 17 aromatic carbocycles. The molecule has 17 aromatic rings. The van der Waals surface area contributed by atoms with Gasteiger partial charge in [0.15, 0.2) is 0 Å². The first-order valence-electron chi connectivity index (χ1n) is 49.1. The molecule has 4 heteroatoms. The van der Waals surface area contributed by atoms with Gasteiger partial charge in [0, 0.05) is 0 Å². The van der Waals surface area contributed by atoms with Crippen molar-refractivity contribution in [3.8, 4) is 0 Å². The van der Waals surface area contributed by atoms with Crippen molar-refractivity contribution in [3.63, 3.8) is 0 Å². The highest BCUT2D eigenvalue weighted by molar-refractivity contribution is 6.05. The van der Waals surface area contributed by atoms with E-state index in [9.17, 15) is 19.2 Å². The Balaban J connectivity index is -0.000000126. The molecule has 0 bridgehead atoms. The Bertz CT molecular complexity index is 4560. The Hall–Kier alpha value is -13.0. The average molecular weight is 1900 g/mol. The normalized spacial score (nSPS) is 8.34. The maximum Gasteiger partial charge on any atom is 0.126 e. The van der Waals surface area contributed by atoms with Gasteiger partial charge in [-0.15, -0.1) is 0 Å². The smallest absolute Gasteiger partial charge is 0.126 e. The second-order valence-electron chi connectivity index (χ2n) is 27.4. The van der Waals surface area contributed by atoms with Crippen molar-refractivity contribution in [2.75, 3.05) is 0 Å². The first kappa shape index (κ1) is 152. The van der Waals surface area contributed by atoms with Crippen LogP contribution in [0, 0.1) is 13.8 Å². The third kappa shape index (κ3) is 76.0. The van der Waals surface area contributed by atoms with Crippen LogP contribution in [0.5, 0.6) is 0 Å². The summed E-state index contributed by atoms with van der Waals surface area (Å²) in [4.78, 5) is 37.8. The summed E-state index contributed by atoms with van der Waals surface area (Å²) in [6, 6.07) is 147. The van der Waals surface area contributed by atoms with E-state index < -0.39 is 0 Å². The maximum atomic E-state index is 9.44. The third-order valence-corrected chi connectivity index (χ3v) is 16.5. The molecule has 140 heavy (non-hydrogen) atoms. The van der Waals surface area contributed by atoms with Crippen LogP contribution >= 0.6 is 0 Å². The van der Waals surface area contributed by atoms with Crippen LogP contribution in [0.25, 0.3) is 64.6 Å². The molecule has 0 atom stereocenters. The van der Waals surface area contributed by atoms with E-state index in [1.54, 1.807) is 0 Å². The van der Waals surface area contributed by atoms with E-state index in [0.29, 0.717) is 0 Å². The van der Waals surface area contributed by atoms with E-state index in [0.717, 1.165) is 19.3 Å².